The van der Waals surface area contributed by atoms with Gasteiger partial charge in [0.25, 0.3) is 0 Å². The molecule has 0 bridgehead atoms. The molecule has 0 amide bonds. The van der Waals surface area contributed by atoms with Crippen LogP contribution >= 0.6 is 11.8 Å². The zero-order chi connectivity index (χ0) is 15.7. The van der Waals surface area contributed by atoms with Gasteiger partial charge in [0.15, 0.2) is 12.2 Å². The molecule has 0 heterocycles. The average molecular weight is 312 g/mol. The van der Waals surface area contributed by atoms with Crippen LogP contribution in [0.2, 0.25) is 0 Å². The summed E-state index contributed by atoms with van der Waals surface area (Å²) >= 11 is 1.01. The monoisotopic (exact) mass is 312 g/mol. The zero-order valence-electron chi connectivity index (χ0n) is 12.2. The van der Waals surface area contributed by atoms with E-state index in [1.165, 1.54) is 0 Å². The number of benzene rings is 1. The van der Waals surface area contributed by atoms with Crippen LogP contribution in [0.1, 0.15) is 19.4 Å². The molecule has 0 saturated heterocycles. The Labute approximate surface area is 128 Å². The first-order valence-electron chi connectivity index (χ1n) is 6.77. The third kappa shape index (κ3) is 5.87. The molecule has 0 unspecified atom stereocenters. The number of hydrogen-bond donors (Lipinski definition) is 1. The molecular weight excluding hydrogens is 292 g/mol. The van der Waals surface area contributed by atoms with E-state index in [4.69, 9.17) is 9.47 Å². The molecule has 1 N–H and O–H groups in total. The Kier molecular flexibility index (Phi) is 8.04. The summed E-state index contributed by atoms with van der Waals surface area (Å²) in [4.78, 5) is 23.6. The van der Waals surface area contributed by atoms with E-state index >= 15 is 0 Å². The summed E-state index contributed by atoms with van der Waals surface area (Å²) in [6.07, 6.45) is -2.84. The predicted molar refractivity (Wildman–Crippen MR) is 80.8 cm³/mol. The molecule has 0 aliphatic rings. The molecule has 1 aromatic rings. The van der Waals surface area contributed by atoms with Gasteiger partial charge in [-0.15, -0.1) is 0 Å². The molecule has 0 saturated carbocycles. The Bertz CT molecular complexity index is 449. The van der Waals surface area contributed by atoms with E-state index in [0.717, 1.165) is 17.3 Å². The Morgan fingerprint density at radius 2 is 1.90 bits per heavy atom. The summed E-state index contributed by atoms with van der Waals surface area (Å²) in [6.45, 7) is 3.72. The molecule has 1 rings (SSSR count). The van der Waals surface area contributed by atoms with Crippen LogP contribution in [0.25, 0.3) is 0 Å². The van der Waals surface area contributed by atoms with Crippen molar-refractivity contribution >= 4 is 22.8 Å². The van der Waals surface area contributed by atoms with E-state index in [1.54, 1.807) is 6.92 Å². The molecule has 6 heteroatoms. The van der Waals surface area contributed by atoms with Crippen molar-refractivity contribution in [1.29, 1.82) is 0 Å². The van der Waals surface area contributed by atoms with Crippen molar-refractivity contribution in [3.8, 4) is 0 Å². The number of ether oxygens (including phenoxy) is 2. The first-order valence-corrected chi connectivity index (χ1v) is 7.75. The van der Waals surface area contributed by atoms with Gasteiger partial charge < -0.3 is 14.6 Å². The van der Waals surface area contributed by atoms with Crippen LogP contribution in [0, 0.1) is 0 Å². The van der Waals surface area contributed by atoms with Crippen LogP contribution in [0.3, 0.4) is 0 Å². The first-order chi connectivity index (χ1) is 10.1. The minimum atomic E-state index is -1.61. The fourth-order valence-electron chi connectivity index (χ4n) is 1.62. The quantitative estimate of drug-likeness (QED) is 0.738. The number of esters is 1. The highest BCUT2D eigenvalue weighted by Crippen LogP contribution is 2.15. The van der Waals surface area contributed by atoms with E-state index in [1.807, 2.05) is 37.3 Å². The highest BCUT2D eigenvalue weighted by Gasteiger charge is 2.34. The van der Waals surface area contributed by atoms with Crippen LogP contribution < -0.4 is 0 Å². The summed E-state index contributed by atoms with van der Waals surface area (Å²) < 4.78 is 10.2. The molecule has 116 valence electrons. The van der Waals surface area contributed by atoms with Gasteiger partial charge in [-0.3, -0.25) is 4.79 Å². The highest BCUT2D eigenvalue weighted by atomic mass is 32.2. The third-order valence-electron chi connectivity index (χ3n) is 2.61. The van der Waals surface area contributed by atoms with Gasteiger partial charge in [0.2, 0.25) is 5.12 Å². The topological polar surface area (TPSA) is 72.8 Å². The lowest BCUT2D eigenvalue weighted by Crippen LogP contribution is -2.41. The fraction of sp³-hybridized carbons (Fsp3) is 0.467. The average Bonchev–Trinajstić information content (AvgIpc) is 2.49. The zero-order valence-corrected chi connectivity index (χ0v) is 13.0. The van der Waals surface area contributed by atoms with Crippen LogP contribution in [-0.4, -0.2) is 40.8 Å². The smallest absolute Gasteiger partial charge is 0.338 e. The Morgan fingerprint density at radius 1 is 1.24 bits per heavy atom. The SMILES string of the molecule is CCOC(=O)[C@H](O)[C@@H](OCc1ccccc1)C(=O)SCC. The third-order valence-corrected chi connectivity index (χ3v) is 3.41. The molecule has 0 aliphatic heterocycles. The minimum Gasteiger partial charge on any atom is -0.464 e. The van der Waals surface area contributed by atoms with Gasteiger partial charge in [-0.05, 0) is 18.2 Å². The van der Waals surface area contributed by atoms with E-state index in [9.17, 15) is 14.7 Å². The molecule has 0 radical (unpaired) electrons. The van der Waals surface area contributed by atoms with E-state index in [-0.39, 0.29) is 18.3 Å². The number of hydrogen-bond acceptors (Lipinski definition) is 6. The predicted octanol–water partition coefficient (Wildman–Crippen LogP) is 1.78. The lowest BCUT2D eigenvalue weighted by Gasteiger charge is -2.20. The van der Waals surface area contributed by atoms with Gasteiger partial charge in [-0.1, -0.05) is 49.0 Å². The lowest BCUT2D eigenvalue weighted by atomic mass is 10.2. The summed E-state index contributed by atoms with van der Waals surface area (Å²) in [5, 5.41) is 9.57. The van der Waals surface area contributed by atoms with Crippen LogP contribution in [0.4, 0.5) is 0 Å². The van der Waals surface area contributed by atoms with Crippen molar-refractivity contribution in [2.45, 2.75) is 32.7 Å². The van der Waals surface area contributed by atoms with Crippen LogP contribution in [-0.2, 0) is 25.7 Å². The van der Waals surface area contributed by atoms with Gasteiger partial charge in [0.1, 0.15) is 0 Å². The van der Waals surface area contributed by atoms with Crippen molar-refractivity contribution in [3.05, 3.63) is 35.9 Å². The van der Waals surface area contributed by atoms with Crippen molar-refractivity contribution < 1.29 is 24.2 Å². The van der Waals surface area contributed by atoms with E-state index in [0.29, 0.717) is 5.75 Å². The second-order valence-electron chi connectivity index (χ2n) is 4.17. The largest absolute Gasteiger partial charge is 0.464 e. The van der Waals surface area contributed by atoms with Gasteiger partial charge >= 0.3 is 5.97 Å². The summed E-state index contributed by atoms with van der Waals surface area (Å²) in [5.74, 6) is -0.305. The minimum absolute atomic E-state index is 0.135. The van der Waals surface area contributed by atoms with Gasteiger partial charge in [0, 0.05) is 0 Å². The van der Waals surface area contributed by atoms with Crippen molar-refractivity contribution in [3.63, 3.8) is 0 Å². The molecule has 21 heavy (non-hydrogen) atoms. The molecule has 0 fully saturated rings. The molecule has 0 aromatic heterocycles. The van der Waals surface area contributed by atoms with Gasteiger partial charge in [-0.25, -0.2) is 4.79 Å². The fourth-order valence-corrected chi connectivity index (χ4v) is 2.27. The second-order valence-corrected chi connectivity index (χ2v) is 5.43. The van der Waals surface area contributed by atoms with E-state index in [2.05, 4.69) is 0 Å². The van der Waals surface area contributed by atoms with E-state index < -0.39 is 18.2 Å². The lowest BCUT2D eigenvalue weighted by molar-refractivity contribution is -0.165. The van der Waals surface area contributed by atoms with Crippen LogP contribution in [0.5, 0.6) is 0 Å². The molecule has 0 aliphatic carbocycles. The van der Waals surface area contributed by atoms with Crippen molar-refractivity contribution in [2.24, 2.45) is 0 Å². The Hall–Kier alpha value is -1.37. The maximum atomic E-state index is 12.0. The summed E-state index contributed by atoms with van der Waals surface area (Å²) in [5.41, 5.74) is 0.854. The van der Waals surface area contributed by atoms with Crippen molar-refractivity contribution in [1.82, 2.24) is 0 Å². The molecule has 2 atom stereocenters. The Morgan fingerprint density at radius 3 is 2.48 bits per heavy atom. The number of carbonyl (C=O) groups is 2. The summed E-state index contributed by atoms with van der Waals surface area (Å²) in [7, 11) is 0. The van der Waals surface area contributed by atoms with Crippen molar-refractivity contribution in [2.75, 3.05) is 12.4 Å². The van der Waals surface area contributed by atoms with Gasteiger partial charge in [-0.2, -0.15) is 0 Å². The maximum Gasteiger partial charge on any atom is 0.338 e. The number of aliphatic hydroxyl groups is 1. The number of aliphatic hydroxyl groups excluding tert-OH is 1. The number of carbonyl (C=O) groups excluding carboxylic acids is 2. The first kappa shape index (κ1) is 17.7. The molecular formula is C15H20O5S. The molecule has 0 spiro atoms. The highest BCUT2D eigenvalue weighted by molar-refractivity contribution is 8.13. The Balaban J connectivity index is 2.72. The van der Waals surface area contributed by atoms with Gasteiger partial charge in [0.05, 0.1) is 13.2 Å². The standard InChI is InChI=1S/C15H20O5S/c1-3-19-14(17)12(16)13(15(18)21-4-2)20-10-11-8-6-5-7-9-11/h5-9,12-13,16H,3-4,10H2,1-2H3/t12-,13-/m1/s1. The number of rotatable bonds is 8. The normalized spacial score (nSPS) is 13.5. The summed E-state index contributed by atoms with van der Waals surface area (Å²) in [6, 6.07) is 9.24. The van der Waals surface area contributed by atoms with Crippen LogP contribution in [0.15, 0.2) is 30.3 Å². The molecule has 5 nitrogen and oxygen atoms in total. The second kappa shape index (κ2) is 9.55. The molecule has 1 aromatic carbocycles. The maximum absolute atomic E-state index is 12.0. The number of thioether (sulfide) groups is 1.